The number of aromatic nitrogens is 2. The van der Waals surface area contributed by atoms with E-state index in [2.05, 4.69) is 15.7 Å². The Hall–Kier alpha value is -3.89. The van der Waals surface area contributed by atoms with Crippen LogP contribution in [0.25, 0.3) is 0 Å². The van der Waals surface area contributed by atoms with Crippen LogP contribution in [0, 0.1) is 13.8 Å². The van der Waals surface area contributed by atoms with E-state index in [0.29, 0.717) is 38.2 Å². The van der Waals surface area contributed by atoms with E-state index in [1.54, 1.807) is 41.1 Å². The molecule has 0 radical (unpaired) electrons. The number of fused-ring (bicyclic) bond motifs is 2. The third kappa shape index (κ3) is 6.40. The Balaban J connectivity index is 1.53. The van der Waals surface area contributed by atoms with E-state index in [-0.39, 0.29) is 42.7 Å². The average Bonchev–Trinajstić information content (AvgIpc) is 3.50. The summed E-state index contributed by atoms with van der Waals surface area (Å²) in [6.45, 7) is 5.28. The summed E-state index contributed by atoms with van der Waals surface area (Å²) >= 11 is 0. The molecule has 0 saturated carbocycles. The molecule has 2 aliphatic rings. The molecule has 1 aromatic heterocycles. The summed E-state index contributed by atoms with van der Waals surface area (Å²) in [5, 5.41) is 10.2. The van der Waals surface area contributed by atoms with Crippen molar-refractivity contribution in [3.05, 3.63) is 46.8 Å². The molecule has 210 valence electrons. The fourth-order valence-electron chi connectivity index (χ4n) is 5.29. The zero-order chi connectivity index (χ0) is 28.1. The number of nitrogens with zero attached hydrogens (tertiary/aromatic N) is 4. The fraction of sp³-hybridized carbons (Fsp3) is 0.536. The zero-order valence-electron chi connectivity index (χ0n) is 23.2. The molecule has 2 aliphatic heterocycles. The lowest BCUT2D eigenvalue weighted by atomic mass is 10.1. The molecule has 11 heteroatoms. The third-order valence-corrected chi connectivity index (χ3v) is 7.65. The Kier molecular flexibility index (Phi) is 8.88. The molecule has 1 aromatic carbocycles. The number of likely N-dealkylation sites (N-methyl/N-ethyl adjacent to an activating group) is 1. The molecule has 11 nitrogen and oxygen atoms in total. The highest BCUT2D eigenvalue weighted by molar-refractivity contribution is 5.99. The van der Waals surface area contributed by atoms with E-state index in [0.717, 1.165) is 23.4 Å². The smallest absolute Gasteiger partial charge is 0.255 e. The van der Waals surface area contributed by atoms with E-state index >= 15 is 0 Å². The van der Waals surface area contributed by atoms with Crippen molar-refractivity contribution in [2.45, 2.75) is 58.0 Å². The van der Waals surface area contributed by atoms with Crippen LogP contribution in [-0.4, -0.2) is 88.6 Å². The number of ether oxygens (including phenoxy) is 1. The molecule has 2 aromatic rings. The molecule has 2 atom stereocenters. The van der Waals surface area contributed by atoms with Gasteiger partial charge in [-0.05, 0) is 57.2 Å². The largest absolute Gasteiger partial charge is 0.491 e. The van der Waals surface area contributed by atoms with E-state index in [1.807, 2.05) is 25.6 Å². The van der Waals surface area contributed by atoms with Gasteiger partial charge in [-0.3, -0.25) is 23.9 Å². The van der Waals surface area contributed by atoms with E-state index < -0.39 is 18.0 Å². The van der Waals surface area contributed by atoms with Crippen molar-refractivity contribution in [1.29, 1.82) is 0 Å². The molecule has 0 aliphatic carbocycles. The third-order valence-electron chi connectivity index (χ3n) is 7.65. The lowest BCUT2D eigenvalue weighted by molar-refractivity contribution is -0.143. The first-order valence-electron chi connectivity index (χ1n) is 13.5. The predicted molar refractivity (Wildman–Crippen MR) is 144 cm³/mol. The highest BCUT2D eigenvalue weighted by atomic mass is 16.5. The summed E-state index contributed by atoms with van der Waals surface area (Å²) < 4.78 is 7.69. The van der Waals surface area contributed by atoms with Gasteiger partial charge in [-0.15, -0.1) is 0 Å². The van der Waals surface area contributed by atoms with Gasteiger partial charge in [0.15, 0.2) is 0 Å². The number of hydrogen-bond acceptors (Lipinski definition) is 6. The Morgan fingerprint density at radius 2 is 1.90 bits per heavy atom. The van der Waals surface area contributed by atoms with Crippen molar-refractivity contribution in [1.82, 2.24) is 30.2 Å². The van der Waals surface area contributed by atoms with Crippen LogP contribution in [0.1, 0.15) is 53.0 Å². The quantitative estimate of drug-likeness (QED) is 0.601. The summed E-state index contributed by atoms with van der Waals surface area (Å²) in [5.74, 6) is -0.787. The highest BCUT2D eigenvalue weighted by Crippen LogP contribution is 2.22. The summed E-state index contributed by atoms with van der Waals surface area (Å²) in [6, 6.07) is 5.34. The first kappa shape index (κ1) is 28.1. The van der Waals surface area contributed by atoms with Gasteiger partial charge in [-0.25, -0.2) is 0 Å². The van der Waals surface area contributed by atoms with Gasteiger partial charge < -0.3 is 25.2 Å². The summed E-state index contributed by atoms with van der Waals surface area (Å²) in [6.07, 6.45) is 2.08. The molecule has 2 N–H and O–H groups in total. The average molecular weight is 539 g/mol. The van der Waals surface area contributed by atoms with Gasteiger partial charge in [0.2, 0.25) is 17.7 Å². The molecular formula is C28H38N6O5. The Bertz CT molecular complexity index is 1240. The molecule has 1 saturated heterocycles. The molecule has 39 heavy (non-hydrogen) atoms. The number of rotatable bonds is 4. The van der Waals surface area contributed by atoms with Crippen molar-refractivity contribution in [3.8, 4) is 5.75 Å². The van der Waals surface area contributed by atoms with Gasteiger partial charge in [-0.2, -0.15) is 5.10 Å². The normalized spacial score (nSPS) is 20.9. The number of hydrogen-bond donors (Lipinski definition) is 2. The maximum Gasteiger partial charge on any atom is 0.255 e. The van der Waals surface area contributed by atoms with Gasteiger partial charge in [-0.1, -0.05) is 12.1 Å². The van der Waals surface area contributed by atoms with Gasteiger partial charge in [0, 0.05) is 39.3 Å². The maximum atomic E-state index is 13.3. The molecular weight excluding hydrogens is 500 g/mol. The van der Waals surface area contributed by atoms with Crippen molar-refractivity contribution < 1.29 is 23.9 Å². The van der Waals surface area contributed by atoms with Crippen molar-refractivity contribution >= 4 is 23.6 Å². The number of carbonyl (C=O) groups is 4. The number of para-hydroxylation sites is 1. The Labute approximate surface area is 228 Å². The van der Waals surface area contributed by atoms with Crippen molar-refractivity contribution in [2.24, 2.45) is 7.05 Å². The minimum absolute atomic E-state index is 0.0326. The van der Waals surface area contributed by atoms with Crippen LogP contribution in [0.2, 0.25) is 0 Å². The monoisotopic (exact) mass is 538 g/mol. The predicted octanol–water partition coefficient (Wildman–Crippen LogP) is 1.12. The highest BCUT2D eigenvalue weighted by Gasteiger charge is 2.36. The molecule has 4 amide bonds. The van der Waals surface area contributed by atoms with Crippen molar-refractivity contribution in [3.63, 3.8) is 0 Å². The minimum atomic E-state index is -0.935. The van der Waals surface area contributed by atoms with Crippen LogP contribution in [0.5, 0.6) is 5.75 Å². The lowest BCUT2D eigenvalue weighted by Gasteiger charge is -2.28. The molecule has 0 unspecified atom stereocenters. The van der Waals surface area contributed by atoms with Gasteiger partial charge >= 0.3 is 0 Å². The number of benzene rings is 1. The molecule has 0 spiro atoms. The van der Waals surface area contributed by atoms with Crippen molar-refractivity contribution in [2.75, 3.05) is 33.3 Å². The van der Waals surface area contributed by atoms with Crippen LogP contribution < -0.4 is 15.4 Å². The van der Waals surface area contributed by atoms with Crippen LogP contribution in [-0.2, 0) is 27.9 Å². The lowest BCUT2D eigenvalue weighted by Crippen LogP contribution is -2.49. The number of amides is 4. The zero-order valence-corrected chi connectivity index (χ0v) is 23.2. The fourth-order valence-corrected chi connectivity index (χ4v) is 5.29. The summed E-state index contributed by atoms with van der Waals surface area (Å²) in [5.41, 5.74) is 3.30. The molecule has 3 heterocycles. The number of aryl methyl sites for hydroxylation is 2. The topological polar surface area (TPSA) is 126 Å². The molecule has 1 fully saturated rings. The second-order valence-electron chi connectivity index (χ2n) is 10.2. The number of nitrogens with one attached hydrogen (secondary N) is 2. The van der Waals surface area contributed by atoms with E-state index in [4.69, 9.17) is 4.74 Å². The van der Waals surface area contributed by atoms with Gasteiger partial charge in [0.1, 0.15) is 24.4 Å². The van der Waals surface area contributed by atoms with Crippen LogP contribution in [0.4, 0.5) is 0 Å². The summed E-state index contributed by atoms with van der Waals surface area (Å²) in [7, 11) is 3.57. The van der Waals surface area contributed by atoms with Crippen LogP contribution >= 0.6 is 0 Å². The van der Waals surface area contributed by atoms with Gasteiger partial charge in [0.05, 0.1) is 17.8 Å². The molecule has 0 bridgehead atoms. The first-order valence-corrected chi connectivity index (χ1v) is 13.5. The summed E-state index contributed by atoms with van der Waals surface area (Å²) in [4.78, 5) is 56.0. The van der Waals surface area contributed by atoms with E-state index in [9.17, 15) is 19.2 Å². The second kappa shape index (κ2) is 12.3. The maximum absolute atomic E-state index is 13.3. The van der Waals surface area contributed by atoms with E-state index in [1.165, 1.54) is 0 Å². The minimum Gasteiger partial charge on any atom is -0.491 e. The first-order chi connectivity index (χ1) is 18.7. The molecule has 4 rings (SSSR count). The Morgan fingerprint density at radius 3 is 2.64 bits per heavy atom. The van der Waals surface area contributed by atoms with Crippen LogP contribution in [0.15, 0.2) is 24.3 Å². The SMILES string of the molecule is Cc1nn(C)c(C)c1CCNC(=O)[C@@H]1CCC(=O)N2CCC[C@@H]2C(=O)N(C)CCOc2ccccc2C(=O)N1. The standard InChI is InChI=1S/C28H38N6O5/c1-18-20(19(2)33(4)31-18)13-14-29-27(37)22-11-12-25(35)34-15-7-9-23(34)28(38)32(3)16-17-39-24-10-6-5-8-21(24)26(36)30-22/h5-6,8,10,22-23H,7,9,11-17H2,1-4H3,(H,29,37)(H,30,36)/t22-,23+/m0/s1. The number of carbonyl (C=O) groups excluding carboxylic acids is 4. The van der Waals surface area contributed by atoms with Gasteiger partial charge in [0.25, 0.3) is 5.91 Å². The second-order valence-corrected chi connectivity index (χ2v) is 10.2. The Morgan fingerprint density at radius 1 is 1.13 bits per heavy atom. The van der Waals surface area contributed by atoms with Crippen LogP contribution in [0.3, 0.4) is 0 Å².